The molecular weight excluding hydrogens is 407 g/mol. The van der Waals surface area contributed by atoms with Crippen molar-refractivity contribution in [3.05, 3.63) is 62.3 Å². The zero-order chi connectivity index (χ0) is 22.7. The molecule has 0 bridgehead atoms. The standard InChI is InChI=1S/C25H33FN4O2/c1-17(2)9-10-29-11-13-30(14-12-29)25(32)21-15-18(7-8-22(21)26)16-23-19-5-3-4-6-20(19)24(31)28-27-23/h7-8,15,17H,3-6,9-14,16H2,1-2H3,(H,28,31). The summed E-state index contributed by atoms with van der Waals surface area (Å²) in [6, 6.07) is 4.74. The quantitative estimate of drug-likeness (QED) is 0.749. The van der Waals surface area contributed by atoms with Crippen molar-refractivity contribution in [2.24, 2.45) is 5.92 Å². The van der Waals surface area contributed by atoms with Crippen LogP contribution in [0.3, 0.4) is 0 Å². The zero-order valence-corrected chi connectivity index (χ0v) is 19.1. The highest BCUT2D eigenvalue weighted by atomic mass is 19.1. The topological polar surface area (TPSA) is 69.3 Å². The highest BCUT2D eigenvalue weighted by Gasteiger charge is 2.25. The van der Waals surface area contributed by atoms with Gasteiger partial charge in [0.05, 0.1) is 11.3 Å². The number of carbonyl (C=O) groups is 1. The van der Waals surface area contributed by atoms with Crippen LogP contribution in [0.15, 0.2) is 23.0 Å². The number of nitrogens with zero attached hydrogens (tertiary/aromatic N) is 3. The number of benzene rings is 1. The van der Waals surface area contributed by atoms with Crippen LogP contribution in [0.25, 0.3) is 0 Å². The van der Waals surface area contributed by atoms with Crippen LogP contribution in [0.4, 0.5) is 4.39 Å². The molecule has 1 aliphatic carbocycles. The third-order valence-corrected chi connectivity index (χ3v) is 6.70. The Hall–Kier alpha value is -2.54. The van der Waals surface area contributed by atoms with Gasteiger partial charge < -0.3 is 4.90 Å². The van der Waals surface area contributed by atoms with Gasteiger partial charge in [-0.25, -0.2) is 9.49 Å². The molecule has 0 radical (unpaired) electrons. The smallest absolute Gasteiger partial charge is 0.267 e. The van der Waals surface area contributed by atoms with Gasteiger partial charge in [-0.15, -0.1) is 0 Å². The summed E-state index contributed by atoms with van der Waals surface area (Å²) in [5, 5.41) is 6.89. The molecule has 7 heteroatoms. The average Bonchev–Trinajstić information content (AvgIpc) is 2.81. The Morgan fingerprint density at radius 1 is 1.12 bits per heavy atom. The highest BCUT2D eigenvalue weighted by Crippen LogP contribution is 2.23. The van der Waals surface area contributed by atoms with E-state index < -0.39 is 5.82 Å². The number of piperazine rings is 1. The van der Waals surface area contributed by atoms with Gasteiger partial charge in [-0.2, -0.15) is 5.10 Å². The summed E-state index contributed by atoms with van der Waals surface area (Å²) in [4.78, 5) is 29.3. The number of carbonyl (C=O) groups excluding carboxylic acids is 1. The number of rotatable bonds is 6. The first-order valence-corrected chi connectivity index (χ1v) is 11.8. The largest absolute Gasteiger partial charge is 0.336 e. The lowest BCUT2D eigenvalue weighted by atomic mass is 9.90. The third kappa shape index (κ3) is 5.09. The highest BCUT2D eigenvalue weighted by molar-refractivity contribution is 5.94. The summed E-state index contributed by atoms with van der Waals surface area (Å²) in [5.41, 5.74) is 3.52. The number of nitrogens with one attached hydrogen (secondary N) is 1. The molecule has 0 saturated carbocycles. The van der Waals surface area contributed by atoms with Crippen LogP contribution < -0.4 is 5.56 Å². The van der Waals surface area contributed by atoms with E-state index in [0.29, 0.717) is 25.4 Å². The Bertz CT molecular complexity index is 1030. The summed E-state index contributed by atoms with van der Waals surface area (Å²) >= 11 is 0. The van der Waals surface area contributed by atoms with Crippen molar-refractivity contribution in [2.45, 2.75) is 52.4 Å². The van der Waals surface area contributed by atoms with Crippen molar-refractivity contribution in [3.63, 3.8) is 0 Å². The molecule has 1 fully saturated rings. The van der Waals surface area contributed by atoms with Gasteiger partial charge in [0, 0.05) is 38.2 Å². The van der Waals surface area contributed by atoms with E-state index in [1.165, 1.54) is 6.07 Å². The molecule has 1 aliphatic heterocycles. The average molecular weight is 441 g/mol. The van der Waals surface area contributed by atoms with Crippen LogP contribution in [0.2, 0.25) is 0 Å². The summed E-state index contributed by atoms with van der Waals surface area (Å²) in [7, 11) is 0. The maximum absolute atomic E-state index is 14.6. The molecule has 0 atom stereocenters. The molecular formula is C25H33FN4O2. The molecule has 1 aromatic heterocycles. The van der Waals surface area contributed by atoms with Crippen LogP contribution in [0.5, 0.6) is 0 Å². The molecule has 0 spiro atoms. The second-order valence-corrected chi connectivity index (χ2v) is 9.47. The Kier molecular flexibility index (Phi) is 7.04. The molecule has 32 heavy (non-hydrogen) atoms. The van der Waals surface area contributed by atoms with E-state index in [4.69, 9.17) is 0 Å². The number of fused-ring (bicyclic) bond motifs is 1. The maximum atomic E-state index is 14.6. The summed E-state index contributed by atoms with van der Waals surface area (Å²) < 4.78 is 14.6. The third-order valence-electron chi connectivity index (χ3n) is 6.70. The van der Waals surface area contributed by atoms with Crippen LogP contribution in [-0.4, -0.2) is 58.6 Å². The summed E-state index contributed by atoms with van der Waals surface area (Å²) in [5.74, 6) is -0.0733. The van der Waals surface area contributed by atoms with Gasteiger partial charge in [-0.3, -0.25) is 14.5 Å². The number of aromatic amines is 1. The van der Waals surface area contributed by atoms with E-state index in [0.717, 1.165) is 74.1 Å². The van der Waals surface area contributed by atoms with E-state index in [1.807, 2.05) is 0 Å². The zero-order valence-electron chi connectivity index (χ0n) is 19.1. The fraction of sp³-hybridized carbons (Fsp3) is 0.560. The van der Waals surface area contributed by atoms with Gasteiger partial charge in [0.2, 0.25) is 0 Å². The number of hydrogen-bond acceptors (Lipinski definition) is 4. The van der Waals surface area contributed by atoms with Crippen molar-refractivity contribution < 1.29 is 9.18 Å². The Labute approximate surface area is 188 Å². The molecule has 1 amide bonds. The minimum Gasteiger partial charge on any atom is -0.336 e. The van der Waals surface area contributed by atoms with Crippen LogP contribution in [0, 0.1) is 11.7 Å². The maximum Gasteiger partial charge on any atom is 0.267 e. The van der Waals surface area contributed by atoms with E-state index in [-0.39, 0.29) is 17.0 Å². The Morgan fingerprint density at radius 3 is 2.56 bits per heavy atom. The molecule has 2 heterocycles. The molecule has 0 unspecified atom stereocenters. The minimum atomic E-state index is -0.488. The van der Waals surface area contributed by atoms with Crippen molar-refractivity contribution in [3.8, 4) is 0 Å². The second kappa shape index (κ2) is 9.94. The van der Waals surface area contributed by atoms with Crippen LogP contribution in [-0.2, 0) is 19.3 Å². The normalized spacial score (nSPS) is 16.9. The van der Waals surface area contributed by atoms with Gasteiger partial charge in [-0.05, 0) is 67.8 Å². The van der Waals surface area contributed by atoms with Crippen LogP contribution >= 0.6 is 0 Å². The lowest BCUT2D eigenvalue weighted by Gasteiger charge is -2.35. The molecule has 1 N–H and O–H groups in total. The second-order valence-electron chi connectivity index (χ2n) is 9.47. The SMILES string of the molecule is CC(C)CCN1CCN(C(=O)c2cc(Cc3n[nH]c(=O)c4c3CCCC4)ccc2F)CC1. The van der Waals surface area contributed by atoms with Gasteiger partial charge in [0.15, 0.2) is 0 Å². The molecule has 1 aromatic carbocycles. The minimum absolute atomic E-state index is 0.106. The summed E-state index contributed by atoms with van der Waals surface area (Å²) in [6.45, 7) is 8.37. The molecule has 2 aliphatic rings. The fourth-order valence-corrected chi connectivity index (χ4v) is 4.70. The van der Waals surface area contributed by atoms with Gasteiger partial charge in [-0.1, -0.05) is 19.9 Å². The predicted octanol–water partition coefficient (Wildman–Crippen LogP) is 3.18. The van der Waals surface area contributed by atoms with Gasteiger partial charge >= 0.3 is 0 Å². The van der Waals surface area contributed by atoms with E-state index >= 15 is 0 Å². The van der Waals surface area contributed by atoms with Crippen molar-refractivity contribution in [1.82, 2.24) is 20.0 Å². The number of aromatic nitrogens is 2. The number of hydrogen-bond donors (Lipinski definition) is 1. The molecule has 6 nitrogen and oxygen atoms in total. The monoisotopic (exact) mass is 440 g/mol. The summed E-state index contributed by atoms with van der Waals surface area (Å²) in [6.07, 6.45) is 5.29. The van der Waals surface area contributed by atoms with Gasteiger partial charge in [0.1, 0.15) is 5.82 Å². The number of amides is 1. The fourth-order valence-electron chi connectivity index (χ4n) is 4.70. The predicted molar refractivity (Wildman–Crippen MR) is 123 cm³/mol. The van der Waals surface area contributed by atoms with Crippen molar-refractivity contribution in [1.29, 1.82) is 0 Å². The lowest BCUT2D eigenvalue weighted by Crippen LogP contribution is -2.49. The molecule has 2 aromatic rings. The Morgan fingerprint density at radius 2 is 1.84 bits per heavy atom. The molecule has 1 saturated heterocycles. The van der Waals surface area contributed by atoms with E-state index in [9.17, 15) is 14.0 Å². The van der Waals surface area contributed by atoms with Crippen molar-refractivity contribution >= 4 is 5.91 Å². The first-order valence-electron chi connectivity index (χ1n) is 11.8. The van der Waals surface area contributed by atoms with E-state index in [2.05, 4.69) is 28.9 Å². The van der Waals surface area contributed by atoms with Gasteiger partial charge in [0.25, 0.3) is 11.5 Å². The van der Waals surface area contributed by atoms with Crippen LogP contribution in [0.1, 0.15) is 65.9 Å². The van der Waals surface area contributed by atoms with Crippen molar-refractivity contribution in [2.75, 3.05) is 32.7 Å². The first kappa shape index (κ1) is 22.6. The molecule has 172 valence electrons. The number of H-pyrrole nitrogens is 1. The van der Waals surface area contributed by atoms with E-state index in [1.54, 1.807) is 17.0 Å². The lowest BCUT2D eigenvalue weighted by molar-refractivity contribution is 0.0627. The molecule has 4 rings (SSSR count). The first-order chi connectivity index (χ1) is 15.4. The Balaban J connectivity index is 1.47. The number of halogens is 1.